The number of carbonyl (C=O) groups is 1. The highest BCUT2D eigenvalue weighted by Gasteiger charge is 2.20. The molecule has 76 valence electrons. The molecule has 1 aliphatic heterocycles. The van der Waals surface area contributed by atoms with Crippen molar-refractivity contribution in [3.63, 3.8) is 0 Å². The van der Waals surface area contributed by atoms with Crippen LogP contribution in [-0.2, 0) is 4.79 Å². The van der Waals surface area contributed by atoms with Gasteiger partial charge in [0.05, 0.1) is 0 Å². The van der Waals surface area contributed by atoms with E-state index in [2.05, 4.69) is 12.2 Å². The predicted molar refractivity (Wildman–Crippen MR) is 56.8 cm³/mol. The molecule has 2 unspecified atom stereocenters. The van der Waals surface area contributed by atoms with E-state index in [0.717, 1.165) is 6.54 Å². The second kappa shape index (κ2) is 5.50. The Balaban J connectivity index is 2.15. The molecular weight excluding hydrogens is 184 g/mol. The van der Waals surface area contributed by atoms with Crippen molar-refractivity contribution in [2.75, 3.05) is 12.3 Å². The van der Waals surface area contributed by atoms with Crippen LogP contribution in [0.2, 0.25) is 0 Å². The molecular formula is C9H18N2OS. The summed E-state index contributed by atoms with van der Waals surface area (Å²) in [7, 11) is 0. The molecule has 13 heavy (non-hydrogen) atoms. The van der Waals surface area contributed by atoms with Crippen molar-refractivity contribution in [2.24, 2.45) is 5.73 Å². The van der Waals surface area contributed by atoms with Gasteiger partial charge in [-0.3, -0.25) is 4.79 Å². The van der Waals surface area contributed by atoms with E-state index in [1.165, 1.54) is 18.6 Å². The summed E-state index contributed by atoms with van der Waals surface area (Å²) < 4.78 is 0. The maximum Gasteiger partial charge on any atom is 0.218 e. The van der Waals surface area contributed by atoms with Gasteiger partial charge in [0.2, 0.25) is 5.91 Å². The Bertz CT molecular complexity index is 175. The summed E-state index contributed by atoms with van der Waals surface area (Å²) >= 11 is 2.01. The van der Waals surface area contributed by atoms with Crippen molar-refractivity contribution < 1.29 is 4.79 Å². The number of primary amides is 1. The summed E-state index contributed by atoms with van der Waals surface area (Å²) in [4.78, 5) is 10.5. The van der Waals surface area contributed by atoms with Crippen molar-refractivity contribution in [1.29, 1.82) is 0 Å². The minimum absolute atomic E-state index is 0.219. The van der Waals surface area contributed by atoms with Gasteiger partial charge < -0.3 is 11.1 Å². The van der Waals surface area contributed by atoms with Crippen LogP contribution in [0.1, 0.15) is 26.2 Å². The molecule has 1 fully saturated rings. The topological polar surface area (TPSA) is 55.1 Å². The summed E-state index contributed by atoms with van der Waals surface area (Å²) in [6, 6.07) is 0.568. The quantitative estimate of drug-likeness (QED) is 0.707. The van der Waals surface area contributed by atoms with Crippen LogP contribution >= 0.6 is 11.8 Å². The van der Waals surface area contributed by atoms with Crippen LogP contribution in [0.3, 0.4) is 0 Å². The molecule has 0 spiro atoms. The maximum atomic E-state index is 10.5. The van der Waals surface area contributed by atoms with Gasteiger partial charge >= 0.3 is 0 Å². The van der Waals surface area contributed by atoms with E-state index in [0.29, 0.717) is 17.7 Å². The van der Waals surface area contributed by atoms with Gasteiger partial charge in [-0.2, -0.15) is 11.8 Å². The number of nitrogens with two attached hydrogens (primary N) is 1. The predicted octanol–water partition coefficient (Wildman–Crippen LogP) is 0.736. The molecule has 4 heteroatoms. The monoisotopic (exact) mass is 202 g/mol. The number of rotatable bonds is 4. The Hall–Kier alpha value is -0.220. The second-order valence-corrected chi connectivity index (χ2v) is 4.98. The average Bonchev–Trinajstić information content (AvgIpc) is 2.08. The van der Waals surface area contributed by atoms with E-state index in [-0.39, 0.29) is 5.91 Å². The standard InChI is InChI=1S/C9H18N2OS/c1-7-8(3-2-6-13-7)11-5-4-9(10)12/h7-8,11H,2-6H2,1H3,(H2,10,12). The van der Waals surface area contributed by atoms with Crippen molar-refractivity contribution >= 4 is 17.7 Å². The number of thioether (sulfide) groups is 1. The number of hydrogen-bond donors (Lipinski definition) is 2. The van der Waals surface area contributed by atoms with E-state index in [1.807, 2.05) is 11.8 Å². The third-order valence-electron chi connectivity index (χ3n) is 2.38. The van der Waals surface area contributed by atoms with Gasteiger partial charge in [0.25, 0.3) is 0 Å². The first-order valence-electron chi connectivity index (χ1n) is 4.83. The van der Waals surface area contributed by atoms with Crippen molar-refractivity contribution in [3.8, 4) is 0 Å². The first-order chi connectivity index (χ1) is 6.20. The number of hydrogen-bond acceptors (Lipinski definition) is 3. The fourth-order valence-corrected chi connectivity index (χ4v) is 2.74. The highest BCUT2D eigenvalue weighted by Crippen LogP contribution is 2.24. The highest BCUT2D eigenvalue weighted by atomic mass is 32.2. The van der Waals surface area contributed by atoms with Crippen LogP contribution in [0.4, 0.5) is 0 Å². The van der Waals surface area contributed by atoms with E-state index < -0.39 is 0 Å². The number of nitrogens with one attached hydrogen (secondary N) is 1. The Morgan fingerprint density at radius 2 is 2.46 bits per heavy atom. The van der Waals surface area contributed by atoms with Gasteiger partial charge in [0.1, 0.15) is 0 Å². The molecule has 0 bridgehead atoms. The Morgan fingerprint density at radius 1 is 1.69 bits per heavy atom. The molecule has 3 N–H and O–H groups in total. The first-order valence-corrected chi connectivity index (χ1v) is 5.88. The highest BCUT2D eigenvalue weighted by molar-refractivity contribution is 7.99. The summed E-state index contributed by atoms with van der Waals surface area (Å²) in [5.41, 5.74) is 5.06. The van der Waals surface area contributed by atoms with Crippen LogP contribution in [0.25, 0.3) is 0 Å². The van der Waals surface area contributed by atoms with Gasteiger partial charge in [0.15, 0.2) is 0 Å². The Kier molecular flexibility index (Phi) is 4.59. The number of carbonyl (C=O) groups excluding carboxylic acids is 1. The zero-order valence-electron chi connectivity index (χ0n) is 8.08. The fourth-order valence-electron chi connectivity index (χ4n) is 1.57. The van der Waals surface area contributed by atoms with Crippen molar-refractivity contribution in [2.45, 2.75) is 37.5 Å². The van der Waals surface area contributed by atoms with Crippen LogP contribution in [0.15, 0.2) is 0 Å². The molecule has 0 aromatic rings. The Morgan fingerprint density at radius 3 is 3.08 bits per heavy atom. The molecule has 0 radical (unpaired) electrons. The summed E-state index contributed by atoms with van der Waals surface area (Å²) in [6.45, 7) is 2.97. The SMILES string of the molecule is CC1SCCCC1NCCC(N)=O. The molecule has 1 saturated heterocycles. The molecule has 2 atom stereocenters. The summed E-state index contributed by atoms with van der Waals surface area (Å²) in [5, 5.41) is 4.05. The van der Waals surface area contributed by atoms with E-state index in [1.54, 1.807) is 0 Å². The van der Waals surface area contributed by atoms with E-state index in [4.69, 9.17) is 5.73 Å². The molecule has 1 rings (SSSR count). The minimum Gasteiger partial charge on any atom is -0.370 e. The van der Waals surface area contributed by atoms with E-state index in [9.17, 15) is 4.79 Å². The van der Waals surface area contributed by atoms with E-state index >= 15 is 0 Å². The average molecular weight is 202 g/mol. The lowest BCUT2D eigenvalue weighted by atomic mass is 10.1. The normalized spacial score (nSPS) is 28.7. The maximum absolute atomic E-state index is 10.5. The molecule has 0 saturated carbocycles. The molecule has 1 amide bonds. The molecule has 0 aromatic carbocycles. The smallest absolute Gasteiger partial charge is 0.218 e. The fraction of sp³-hybridized carbons (Fsp3) is 0.889. The van der Waals surface area contributed by atoms with Crippen LogP contribution in [0.5, 0.6) is 0 Å². The molecule has 1 aliphatic rings. The molecule has 3 nitrogen and oxygen atoms in total. The molecule has 0 aliphatic carbocycles. The molecule has 0 aromatic heterocycles. The Labute approximate surface area is 83.8 Å². The number of amides is 1. The van der Waals surface area contributed by atoms with Gasteiger partial charge in [-0.1, -0.05) is 6.92 Å². The lowest BCUT2D eigenvalue weighted by Crippen LogP contribution is -2.40. The largest absolute Gasteiger partial charge is 0.370 e. The minimum atomic E-state index is -0.219. The lowest BCUT2D eigenvalue weighted by Gasteiger charge is -2.29. The van der Waals surface area contributed by atoms with Crippen molar-refractivity contribution in [1.82, 2.24) is 5.32 Å². The van der Waals surface area contributed by atoms with Crippen LogP contribution < -0.4 is 11.1 Å². The zero-order valence-corrected chi connectivity index (χ0v) is 8.90. The summed E-state index contributed by atoms with van der Waals surface area (Å²) in [6.07, 6.45) is 2.96. The van der Waals surface area contributed by atoms with Gasteiger partial charge in [-0.15, -0.1) is 0 Å². The second-order valence-electron chi connectivity index (χ2n) is 3.50. The molecule has 1 heterocycles. The first kappa shape index (κ1) is 10.9. The third-order valence-corrected chi connectivity index (χ3v) is 3.76. The summed E-state index contributed by atoms with van der Waals surface area (Å²) in [5.74, 6) is 1.05. The zero-order chi connectivity index (χ0) is 9.68. The van der Waals surface area contributed by atoms with Gasteiger partial charge in [-0.25, -0.2) is 0 Å². The van der Waals surface area contributed by atoms with Crippen LogP contribution in [-0.4, -0.2) is 29.5 Å². The van der Waals surface area contributed by atoms with Crippen LogP contribution in [0, 0.1) is 0 Å². The van der Waals surface area contributed by atoms with Gasteiger partial charge in [-0.05, 0) is 18.6 Å². The third kappa shape index (κ3) is 4.00. The lowest BCUT2D eigenvalue weighted by molar-refractivity contribution is -0.117. The van der Waals surface area contributed by atoms with Gasteiger partial charge in [0, 0.05) is 24.3 Å². The van der Waals surface area contributed by atoms with Crippen molar-refractivity contribution in [3.05, 3.63) is 0 Å².